The van der Waals surface area contributed by atoms with E-state index in [9.17, 15) is 4.79 Å². The molecule has 0 N–H and O–H groups in total. The smallest absolute Gasteiger partial charge is 0.227 e. The molecule has 0 spiro atoms. The molecule has 0 aliphatic carbocycles. The fourth-order valence-corrected chi connectivity index (χ4v) is 4.29. The third-order valence-electron chi connectivity index (χ3n) is 6.10. The first kappa shape index (κ1) is 22.7. The summed E-state index contributed by atoms with van der Waals surface area (Å²) in [5.41, 5.74) is 3.97. The Kier molecular flexibility index (Phi) is 6.87. The van der Waals surface area contributed by atoms with Crippen LogP contribution in [0.5, 0.6) is 5.75 Å². The molecule has 4 rings (SSSR count). The third-order valence-corrected chi connectivity index (χ3v) is 6.10. The minimum Gasteiger partial charge on any atom is -0.496 e. The Labute approximate surface area is 195 Å². The minimum atomic E-state index is 0.125. The number of hydrogen-bond acceptors (Lipinski definition) is 6. The average molecular weight is 446 g/mol. The first-order valence-electron chi connectivity index (χ1n) is 11.3. The summed E-state index contributed by atoms with van der Waals surface area (Å²) >= 11 is 0. The third kappa shape index (κ3) is 5.30. The van der Waals surface area contributed by atoms with E-state index < -0.39 is 0 Å². The summed E-state index contributed by atoms with van der Waals surface area (Å²) in [6.45, 7) is 3.46. The number of aryl methyl sites for hydroxylation is 1. The molecule has 1 saturated heterocycles. The molecule has 1 aliphatic heterocycles. The van der Waals surface area contributed by atoms with Gasteiger partial charge in [-0.3, -0.25) is 9.78 Å². The van der Waals surface area contributed by atoms with E-state index in [1.165, 1.54) is 0 Å². The van der Waals surface area contributed by atoms with Crippen molar-refractivity contribution in [2.24, 2.45) is 0 Å². The molecular weight excluding hydrogens is 414 g/mol. The second-order valence-corrected chi connectivity index (χ2v) is 8.78. The summed E-state index contributed by atoms with van der Waals surface area (Å²) in [6.07, 6.45) is 5.79. The number of benzene rings is 1. The number of hydrogen-bond donors (Lipinski definition) is 0. The lowest BCUT2D eigenvalue weighted by Gasteiger charge is -2.33. The fraction of sp³-hybridized carbons (Fsp3) is 0.385. The van der Waals surface area contributed by atoms with Gasteiger partial charge in [-0.15, -0.1) is 0 Å². The number of likely N-dealkylation sites (tertiary alicyclic amines) is 1. The molecule has 33 heavy (non-hydrogen) atoms. The van der Waals surface area contributed by atoms with Crippen LogP contribution in [0.4, 0.5) is 5.82 Å². The second kappa shape index (κ2) is 9.98. The van der Waals surface area contributed by atoms with E-state index >= 15 is 0 Å². The van der Waals surface area contributed by atoms with Gasteiger partial charge in [0.05, 0.1) is 19.2 Å². The standard InChI is InChI=1S/C26H31N5O2/c1-18-7-8-23(33-4)21(14-18)15-25(32)31-13-5-6-20(17-31)22-16-24(30(2)3)29-26(28-22)19-9-11-27-12-10-19/h7-12,14,16,20H,5-6,13,15,17H2,1-4H3. The van der Waals surface area contributed by atoms with E-state index in [1.54, 1.807) is 19.5 Å². The van der Waals surface area contributed by atoms with Crippen LogP contribution in [0.15, 0.2) is 48.8 Å². The zero-order valence-corrected chi connectivity index (χ0v) is 19.8. The highest BCUT2D eigenvalue weighted by molar-refractivity contribution is 5.79. The lowest BCUT2D eigenvalue weighted by Crippen LogP contribution is -2.40. The van der Waals surface area contributed by atoms with E-state index in [-0.39, 0.29) is 11.8 Å². The van der Waals surface area contributed by atoms with Gasteiger partial charge in [-0.2, -0.15) is 0 Å². The Morgan fingerprint density at radius 1 is 1.15 bits per heavy atom. The van der Waals surface area contributed by atoms with Gasteiger partial charge in [0.15, 0.2) is 5.82 Å². The summed E-state index contributed by atoms with van der Waals surface area (Å²) in [5.74, 6) is 2.60. The Balaban J connectivity index is 1.56. The first-order chi connectivity index (χ1) is 15.9. The van der Waals surface area contributed by atoms with Crippen molar-refractivity contribution in [3.8, 4) is 17.1 Å². The molecule has 3 aromatic rings. The van der Waals surface area contributed by atoms with E-state index in [0.717, 1.165) is 53.3 Å². The topological polar surface area (TPSA) is 71.5 Å². The molecule has 172 valence electrons. The summed E-state index contributed by atoms with van der Waals surface area (Å²) in [4.78, 5) is 30.9. The fourth-order valence-electron chi connectivity index (χ4n) is 4.29. The van der Waals surface area contributed by atoms with Crippen molar-refractivity contribution >= 4 is 11.7 Å². The molecule has 7 heteroatoms. The maximum atomic E-state index is 13.2. The molecule has 1 amide bonds. The van der Waals surface area contributed by atoms with Crippen LogP contribution in [-0.2, 0) is 11.2 Å². The number of carbonyl (C=O) groups excluding carboxylic acids is 1. The SMILES string of the molecule is COc1ccc(C)cc1CC(=O)N1CCCC(c2cc(N(C)C)nc(-c3ccncc3)n2)C1. The van der Waals surface area contributed by atoms with Crippen molar-refractivity contribution in [1.29, 1.82) is 0 Å². The Bertz CT molecular complexity index is 1120. The number of carbonyl (C=O) groups is 1. The van der Waals surface area contributed by atoms with Crippen molar-refractivity contribution in [1.82, 2.24) is 19.9 Å². The zero-order valence-electron chi connectivity index (χ0n) is 19.8. The molecule has 0 saturated carbocycles. The molecule has 7 nitrogen and oxygen atoms in total. The van der Waals surface area contributed by atoms with Gasteiger partial charge < -0.3 is 14.5 Å². The van der Waals surface area contributed by atoms with Crippen molar-refractivity contribution in [3.05, 3.63) is 65.6 Å². The Hall–Kier alpha value is -3.48. The Morgan fingerprint density at radius 3 is 2.67 bits per heavy atom. The van der Waals surface area contributed by atoms with Crippen molar-refractivity contribution in [2.45, 2.75) is 32.1 Å². The molecule has 3 heterocycles. The summed E-state index contributed by atoms with van der Waals surface area (Å²) in [6, 6.07) is 11.9. The van der Waals surface area contributed by atoms with Gasteiger partial charge >= 0.3 is 0 Å². The lowest BCUT2D eigenvalue weighted by atomic mass is 9.93. The molecule has 0 bridgehead atoms. The van der Waals surface area contributed by atoms with Gasteiger partial charge in [0.1, 0.15) is 11.6 Å². The number of ether oxygens (including phenoxy) is 1. The lowest BCUT2D eigenvalue weighted by molar-refractivity contribution is -0.131. The monoisotopic (exact) mass is 445 g/mol. The summed E-state index contributed by atoms with van der Waals surface area (Å²) in [5, 5.41) is 0. The molecule has 1 aliphatic rings. The number of piperidine rings is 1. The molecule has 1 aromatic carbocycles. The van der Waals surface area contributed by atoms with E-state index in [2.05, 4.69) is 4.98 Å². The number of pyridine rings is 1. The van der Waals surface area contributed by atoms with Crippen molar-refractivity contribution in [2.75, 3.05) is 39.2 Å². The normalized spacial score (nSPS) is 15.9. The van der Waals surface area contributed by atoms with E-state index in [1.807, 2.05) is 67.2 Å². The highest BCUT2D eigenvalue weighted by Crippen LogP contribution is 2.30. The zero-order chi connectivity index (χ0) is 23.4. The maximum absolute atomic E-state index is 13.2. The van der Waals surface area contributed by atoms with Crippen LogP contribution in [0.3, 0.4) is 0 Å². The van der Waals surface area contributed by atoms with Crippen LogP contribution in [-0.4, -0.2) is 60.1 Å². The average Bonchev–Trinajstić information content (AvgIpc) is 2.84. The number of amides is 1. The molecule has 1 atom stereocenters. The van der Waals surface area contributed by atoms with Gasteiger partial charge in [-0.25, -0.2) is 9.97 Å². The Morgan fingerprint density at radius 2 is 1.94 bits per heavy atom. The maximum Gasteiger partial charge on any atom is 0.227 e. The van der Waals surface area contributed by atoms with Crippen LogP contribution in [0.25, 0.3) is 11.4 Å². The summed E-state index contributed by atoms with van der Waals surface area (Å²) < 4.78 is 5.47. The van der Waals surface area contributed by atoms with Crippen LogP contribution < -0.4 is 9.64 Å². The second-order valence-electron chi connectivity index (χ2n) is 8.78. The van der Waals surface area contributed by atoms with E-state index in [0.29, 0.717) is 18.8 Å². The highest BCUT2D eigenvalue weighted by atomic mass is 16.5. The number of methoxy groups -OCH3 is 1. The first-order valence-corrected chi connectivity index (χ1v) is 11.3. The van der Waals surface area contributed by atoms with Gasteiger partial charge in [0, 0.05) is 62.7 Å². The molecule has 2 aromatic heterocycles. The predicted octanol–water partition coefficient (Wildman–Crippen LogP) is 3.87. The van der Waals surface area contributed by atoms with Crippen LogP contribution in [0.1, 0.15) is 35.6 Å². The molecule has 1 unspecified atom stereocenters. The van der Waals surface area contributed by atoms with Gasteiger partial charge in [-0.05, 0) is 38.0 Å². The predicted molar refractivity (Wildman–Crippen MR) is 130 cm³/mol. The van der Waals surface area contributed by atoms with Gasteiger partial charge in [-0.1, -0.05) is 17.7 Å². The van der Waals surface area contributed by atoms with Gasteiger partial charge in [0.25, 0.3) is 0 Å². The van der Waals surface area contributed by atoms with Crippen LogP contribution in [0, 0.1) is 6.92 Å². The number of nitrogens with zero attached hydrogens (tertiary/aromatic N) is 5. The van der Waals surface area contributed by atoms with Crippen molar-refractivity contribution < 1.29 is 9.53 Å². The van der Waals surface area contributed by atoms with E-state index in [4.69, 9.17) is 14.7 Å². The van der Waals surface area contributed by atoms with Gasteiger partial charge in [0.2, 0.25) is 5.91 Å². The largest absolute Gasteiger partial charge is 0.496 e. The highest BCUT2D eigenvalue weighted by Gasteiger charge is 2.27. The minimum absolute atomic E-state index is 0.125. The number of anilines is 1. The number of aromatic nitrogens is 3. The van der Waals surface area contributed by atoms with Crippen LogP contribution in [0.2, 0.25) is 0 Å². The molecule has 1 fully saturated rings. The van der Waals surface area contributed by atoms with Crippen molar-refractivity contribution in [3.63, 3.8) is 0 Å². The quantitative estimate of drug-likeness (QED) is 0.574. The molecular formula is C26H31N5O2. The summed E-state index contributed by atoms with van der Waals surface area (Å²) in [7, 11) is 5.61. The van der Waals surface area contributed by atoms with Crippen LogP contribution >= 0.6 is 0 Å². The molecule has 0 radical (unpaired) electrons. The number of rotatable bonds is 6.